The van der Waals surface area contributed by atoms with E-state index in [0.717, 1.165) is 21.7 Å². The molecule has 0 saturated carbocycles. The number of fused-ring (bicyclic) bond motifs is 1. The summed E-state index contributed by atoms with van der Waals surface area (Å²) < 4.78 is 0. The van der Waals surface area contributed by atoms with Crippen molar-refractivity contribution in [1.82, 2.24) is 4.98 Å². The third-order valence-electron chi connectivity index (χ3n) is 1.85. The molecule has 0 aliphatic heterocycles. The lowest BCUT2D eigenvalue weighted by molar-refractivity contribution is 1.39. The van der Waals surface area contributed by atoms with Crippen molar-refractivity contribution in [2.24, 2.45) is 0 Å². The van der Waals surface area contributed by atoms with Gasteiger partial charge in [-0.1, -0.05) is 11.6 Å². The monoisotopic (exact) mass is 180 g/mol. The van der Waals surface area contributed by atoms with Crippen molar-refractivity contribution in [1.29, 1.82) is 0 Å². The first kappa shape index (κ1) is 7.50. The van der Waals surface area contributed by atoms with Gasteiger partial charge in [0.25, 0.3) is 0 Å². The second-order valence-corrected chi connectivity index (χ2v) is 3.10. The van der Waals surface area contributed by atoms with Crippen LogP contribution < -0.4 is 5.32 Å². The van der Waals surface area contributed by atoms with E-state index in [4.69, 9.17) is 11.6 Å². The lowest BCUT2D eigenvalue weighted by Gasteiger charge is -1.89. The van der Waals surface area contributed by atoms with E-state index >= 15 is 0 Å². The Labute approximate surface area is 75.5 Å². The van der Waals surface area contributed by atoms with E-state index in [1.807, 2.05) is 31.3 Å². The number of hydrogen-bond acceptors (Lipinski definition) is 1. The molecule has 0 amide bonds. The molecule has 2 rings (SSSR count). The van der Waals surface area contributed by atoms with Crippen LogP contribution in [0, 0.1) is 0 Å². The zero-order chi connectivity index (χ0) is 8.55. The van der Waals surface area contributed by atoms with E-state index in [0.29, 0.717) is 0 Å². The van der Waals surface area contributed by atoms with Gasteiger partial charge in [0.05, 0.1) is 0 Å². The van der Waals surface area contributed by atoms with Gasteiger partial charge >= 0.3 is 0 Å². The van der Waals surface area contributed by atoms with Gasteiger partial charge in [-0.15, -0.1) is 0 Å². The molecule has 0 aliphatic rings. The van der Waals surface area contributed by atoms with Gasteiger partial charge in [-0.25, -0.2) is 0 Å². The summed E-state index contributed by atoms with van der Waals surface area (Å²) in [6.07, 6.45) is 0. The van der Waals surface area contributed by atoms with Crippen LogP contribution in [-0.2, 0) is 0 Å². The maximum atomic E-state index is 5.84. The molecule has 0 radical (unpaired) electrons. The highest BCUT2D eigenvalue weighted by molar-refractivity contribution is 6.31. The Kier molecular flexibility index (Phi) is 1.70. The molecule has 0 saturated heterocycles. The molecule has 0 bridgehead atoms. The summed E-state index contributed by atoms with van der Waals surface area (Å²) in [6, 6.07) is 7.81. The number of halogens is 1. The standard InChI is InChI=1S/C9H9ClN2/c1-11-9-5-6-4-7(10)2-3-8(6)12-9/h2-5,11-12H,1H3. The highest BCUT2D eigenvalue weighted by Crippen LogP contribution is 2.21. The van der Waals surface area contributed by atoms with Gasteiger partial charge in [-0.2, -0.15) is 0 Å². The maximum absolute atomic E-state index is 5.84. The first-order chi connectivity index (χ1) is 5.79. The first-order valence-electron chi connectivity index (χ1n) is 3.75. The van der Waals surface area contributed by atoms with Crippen LogP contribution in [0.2, 0.25) is 5.02 Å². The van der Waals surface area contributed by atoms with E-state index in [9.17, 15) is 0 Å². The molecule has 2 nitrogen and oxygen atoms in total. The first-order valence-corrected chi connectivity index (χ1v) is 4.13. The molecule has 1 aromatic heterocycles. The molecule has 1 aromatic carbocycles. The lowest BCUT2D eigenvalue weighted by Crippen LogP contribution is -1.85. The average Bonchev–Trinajstić information content (AvgIpc) is 2.46. The van der Waals surface area contributed by atoms with E-state index in [1.165, 1.54) is 0 Å². The third-order valence-corrected chi connectivity index (χ3v) is 2.09. The van der Waals surface area contributed by atoms with E-state index in [1.54, 1.807) is 0 Å². The molecule has 2 aromatic rings. The fraction of sp³-hybridized carbons (Fsp3) is 0.111. The Bertz CT molecular complexity index is 406. The lowest BCUT2D eigenvalue weighted by atomic mass is 10.2. The molecule has 1 heterocycles. The van der Waals surface area contributed by atoms with Gasteiger partial charge in [-0.3, -0.25) is 0 Å². The van der Waals surface area contributed by atoms with Gasteiger partial charge in [0.15, 0.2) is 0 Å². The van der Waals surface area contributed by atoms with Gasteiger partial charge in [0.2, 0.25) is 0 Å². The number of benzene rings is 1. The number of H-pyrrole nitrogens is 1. The molecule has 0 spiro atoms. The van der Waals surface area contributed by atoms with Crippen LogP contribution in [0.25, 0.3) is 10.9 Å². The Morgan fingerprint density at radius 2 is 2.17 bits per heavy atom. The summed E-state index contributed by atoms with van der Waals surface area (Å²) >= 11 is 5.84. The van der Waals surface area contributed by atoms with Crippen molar-refractivity contribution in [2.75, 3.05) is 12.4 Å². The summed E-state index contributed by atoms with van der Waals surface area (Å²) in [6.45, 7) is 0. The molecule has 0 atom stereocenters. The maximum Gasteiger partial charge on any atom is 0.104 e. The molecule has 0 fully saturated rings. The SMILES string of the molecule is CNc1cc2cc(Cl)ccc2[nH]1. The summed E-state index contributed by atoms with van der Waals surface area (Å²) in [5.74, 6) is 1.01. The number of hydrogen-bond donors (Lipinski definition) is 2. The van der Waals surface area contributed by atoms with Crippen LogP contribution >= 0.6 is 11.6 Å². The summed E-state index contributed by atoms with van der Waals surface area (Å²) in [4.78, 5) is 3.20. The van der Waals surface area contributed by atoms with Gasteiger partial charge in [0, 0.05) is 23.0 Å². The average molecular weight is 181 g/mol. The smallest absolute Gasteiger partial charge is 0.104 e. The van der Waals surface area contributed by atoms with Crippen LogP contribution in [0.4, 0.5) is 5.82 Å². The summed E-state index contributed by atoms with van der Waals surface area (Å²) in [5.41, 5.74) is 1.10. The predicted molar refractivity (Wildman–Crippen MR) is 52.9 cm³/mol. The molecule has 12 heavy (non-hydrogen) atoms. The number of rotatable bonds is 1. The van der Waals surface area contributed by atoms with E-state index < -0.39 is 0 Å². The molecule has 0 unspecified atom stereocenters. The van der Waals surface area contributed by atoms with Crippen molar-refractivity contribution in [2.45, 2.75) is 0 Å². The zero-order valence-corrected chi connectivity index (χ0v) is 7.44. The number of nitrogens with one attached hydrogen (secondary N) is 2. The molecular weight excluding hydrogens is 172 g/mol. The Morgan fingerprint density at radius 1 is 1.33 bits per heavy atom. The highest BCUT2D eigenvalue weighted by atomic mass is 35.5. The fourth-order valence-electron chi connectivity index (χ4n) is 1.24. The topological polar surface area (TPSA) is 27.8 Å². The summed E-state index contributed by atoms with van der Waals surface area (Å²) in [7, 11) is 1.88. The Balaban J connectivity index is 2.67. The summed E-state index contributed by atoms with van der Waals surface area (Å²) in [5, 5.41) is 4.94. The molecule has 2 N–H and O–H groups in total. The minimum atomic E-state index is 0.768. The minimum Gasteiger partial charge on any atom is -0.375 e. The van der Waals surface area contributed by atoms with Gasteiger partial charge in [0.1, 0.15) is 5.82 Å². The van der Waals surface area contributed by atoms with Crippen molar-refractivity contribution >= 4 is 28.3 Å². The predicted octanol–water partition coefficient (Wildman–Crippen LogP) is 2.86. The van der Waals surface area contributed by atoms with Crippen molar-refractivity contribution in [3.05, 3.63) is 29.3 Å². The number of aromatic amines is 1. The molecule has 3 heteroatoms. The van der Waals surface area contributed by atoms with Crippen molar-refractivity contribution < 1.29 is 0 Å². The van der Waals surface area contributed by atoms with Crippen LogP contribution in [0.3, 0.4) is 0 Å². The fourth-order valence-corrected chi connectivity index (χ4v) is 1.42. The van der Waals surface area contributed by atoms with Crippen molar-refractivity contribution in [3.8, 4) is 0 Å². The minimum absolute atomic E-state index is 0.768. The molecule has 62 valence electrons. The van der Waals surface area contributed by atoms with E-state index in [-0.39, 0.29) is 0 Å². The molecule has 0 aliphatic carbocycles. The zero-order valence-electron chi connectivity index (χ0n) is 6.69. The van der Waals surface area contributed by atoms with Crippen LogP contribution in [0.15, 0.2) is 24.3 Å². The quantitative estimate of drug-likeness (QED) is 0.694. The van der Waals surface area contributed by atoms with Crippen LogP contribution in [0.5, 0.6) is 0 Å². The Morgan fingerprint density at radius 3 is 2.92 bits per heavy atom. The highest BCUT2D eigenvalue weighted by Gasteiger charge is 1.98. The van der Waals surface area contributed by atoms with Crippen LogP contribution in [-0.4, -0.2) is 12.0 Å². The third kappa shape index (κ3) is 1.14. The second kappa shape index (κ2) is 2.72. The number of aromatic nitrogens is 1. The van der Waals surface area contributed by atoms with Crippen molar-refractivity contribution in [3.63, 3.8) is 0 Å². The molecular formula is C9H9ClN2. The van der Waals surface area contributed by atoms with Gasteiger partial charge in [-0.05, 0) is 24.3 Å². The van der Waals surface area contributed by atoms with E-state index in [2.05, 4.69) is 10.3 Å². The Hall–Kier alpha value is -1.15. The normalized spacial score (nSPS) is 10.5. The number of anilines is 1. The second-order valence-electron chi connectivity index (χ2n) is 2.66. The van der Waals surface area contributed by atoms with Crippen LogP contribution in [0.1, 0.15) is 0 Å². The largest absolute Gasteiger partial charge is 0.375 e. The van der Waals surface area contributed by atoms with Gasteiger partial charge < -0.3 is 10.3 Å².